The van der Waals surface area contributed by atoms with E-state index >= 15 is 0 Å². The predicted octanol–water partition coefficient (Wildman–Crippen LogP) is 1.33. The summed E-state index contributed by atoms with van der Waals surface area (Å²) >= 11 is 0. The maximum Gasteiger partial charge on any atom is 0.313 e. The lowest BCUT2D eigenvalue weighted by molar-refractivity contribution is -0.138. The largest absolute Gasteiger partial charge is 0.356 e. The van der Waals surface area contributed by atoms with Crippen molar-refractivity contribution in [2.45, 2.75) is 52.1 Å². The van der Waals surface area contributed by atoms with Crippen LogP contribution in [0.1, 0.15) is 40.0 Å². The Kier molecular flexibility index (Phi) is 8.32. The van der Waals surface area contributed by atoms with Gasteiger partial charge in [0.25, 0.3) is 0 Å². The maximum atomic E-state index is 13.7. The Morgan fingerprint density at radius 2 is 1.83 bits per heavy atom. The molecular weight excluding hydrogens is 391 g/mol. The summed E-state index contributed by atoms with van der Waals surface area (Å²) in [6, 6.07) is 4.28. The van der Waals surface area contributed by atoms with E-state index in [0.717, 1.165) is 12.5 Å². The van der Waals surface area contributed by atoms with E-state index in [4.69, 9.17) is 0 Å². The van der Waals surface area contributed by atoms with Crippen LogP contribution >= 0.6 is 0 Å². The molecule has 9 heteroatoms. The number of amides is 4. The van der Waals surface area contributed by atoms with E-state index in [1.807, 2.05) is 13.8 Å². The van der Waals surface area contributed by atoms with Gasteiger partial charge in [-0.15, -0.1) is 0 Å². The molecule has 1 fully saturated rings. The molecule has 4 N–H and O–H groups in total. The number of hydrogen-bond donors (Lipinski definition) is 4. The van der Waals surface area contributed by atoms with Crippen LogP contribution in [0, 0.1) is 17.7 Å². The number of para-hydroxylation sites is 1. The van der Waals surface area contributed by atoms with Crippen molar-refractivity contribution in [1.29, 1.82) is 0 Å². The SMILES string of the molecule is CC(C)C[C@H](NC(=O)C(=O)Nc1ccccc1F)C(=O)N[C@H](C)C[C@@H]1CCNC1=O. The molecule has 1 saturated heterocycles. The van der Waals surface area contributed by atoms with Crippen molar-refractivity contribution in [3.05, 3.63) is 30.1 Å². The van der Waals surface area contributed by atoms with Gasteiger partial charge in [-0.3, -0.25) is 19.2 Å². The molecule has 2 rings (SSSR count). The molecule has 0 bridgehead atoms. The normalized spacial score (nSPS) is 17.8. The quantitative estimate of drug-likeness (QED) is 0.475. The minimum absolute atomic E-state index is 0.0204. The zero-order valence-corrected chi connectivity index (χ0v) is 17.5. The lowest BCUT2D eigenvalue weighted by Gasteiger charge is -2.23. The third-order valence-corrected chi connectivity index (χ3v) is 4.85. The third-order valence-electron chi connectivity index (χ3n) is 4.85. The molecule has 1 aromatic carbocycles. The topological polar surface area (TPSA) is 116 Å². The van der Waals surface area contributed by atoms with Crippen molar-refractivity contribution in [3.63, 3.8) is 0 Å². The minimum Gasteiger partial charge on any atom is -0.356 e. The molecular formula is C21H29FN4O4. The van der Waals surface area contributed by atoms with Crippen LogP contribution < -0.4 is 21.3 Å². The summed E-state index contributed by atoms with van der Waals surface area (Å²) in [5, 5.41) is 10.2. The molecule has 0 aliphatic carbocycles. The summed E-state index contributed by atoms with van der Waals surface area (Å²) < 4.78 is 13.7. The molecule has 30 heavy (non-hydrogen) atoms. The number of halogens is 1. The fourth-order valence-corrected chi connectivity index (χ4v) is 3.37. The monoisotopic (exact) mass is 420 g/mol. The molecule has 0 spiro atoms. The van der Waals surface area contributed by atoms with Crippen LogP contribution in [-0.2, 0) is 19.2 Å². The summed E-state index contributed by atoms with van der Waals surface area (Å²) in [6.45, 7) is 6.20. The Morgan fingerprint density at radius 3 is 2.43 bits per heavy atom. The molecule has 1 heterocycles. The average molecular weight is 420 g/mol. The van der Waals surface area contributed by atoms with Crippen molar-refractivity contribution in [2.75, 3.05) is 11.9 Å². The first-order chi connectivity index (χ1) is 14.2. The van der Waals surface area contributed by atoms with E-state index in [2.05, 4.69) is 21.3 Å². The lowest BCUT2D eigenvalue weighted by atomic mass is 9.98. The van der Waals surface area contributed by atoms with Gasteiger partial charge in [-0.1, -0.05) is 26.0 Å². The average Bonchev–Trinajstić information content (AvgIpc) is 3.06. The van der Waals surface area contributed by atoms with E-state index in [-0.39, 0.29) is 29.5 Å². The van der Waals surface area contributed by atoms with Crippen LogP contribution in [-0.4, -0.2) is 42.3 Å². The fourth-order valence-electron chi connectivity index (χ4n) is 3.37. The Labute approximate surface area is 175 Å². The van der Waals surface area contributed by atoms with Crippen molar-refractivity contribution in [2.24, 2.45) is 11.8 Å². The second kappa shape index (κ2) is 10.7. The summed E-state index contributed by atoms with van der Waals surface area (Å²) in [6.07, 6.45) is 1.54. The van der Waals surface area contributed by atoms with Gasteiger partial charge < -0.3 is 21.3 Å². The molecule has 4 amide bonds. The number of anilines is 1. The van der Waals surface area contributed by atoms with Crippen molar-refractivity contribution >= 4 is 29.3 Å². The molecule has 0 saturated carbocycles. The van der Waals surface area contributed by atoms with Crippen LogP contribution in [0.3, 0.4) is 0 Å². The molecule has 3 atom stereocenters. The molecule has 1 aliphatic heterocycles. The molecule has 0 unspecified atom stereocenters. The van der Waals surface area contributed by atoms with E-state index in [9.17, 15) is 23.6 Å². The second-order valence-electron chi connectivity index (χ2n) is 8.01. The smallest absolute Gasteiger partial charge is 0.313 e. The van der Waals surface area contributed by atoms with Crippen molar-refractivity contribution in [3.8, 4) is 0 Å². The number of hydrogen-bond acceptors (Lipinski definition) is 4. The van der Waals surface area contributed by atoms with Gasteiger partial charge in [0.05, 0.1) is 5.69 Å². The lowest BCUT2D eigenvalue weighted by Crippen LogP contribution is -2.52. The van der Waals surface area contributed by atoms with Gasteiger partial charge in [0.2, 0.25) is 11.8 Å². The zero-order valence-electron chi connectivity index (χ0n) is 17.5. The van der Waals surface area contributed by atoms with E-state index in [1.165, 1.54) is 18.2 Å². The standard InChI is InChI=1S/C21H29FN4O4/c1-12(2)10-17(19(28)24-13(3)11-14-8-9-23-18(14)27)26-21(30)20(29)25-16-7-5-4-6-15(16)22/h4-7,12-14,17H,8-11H2,1-3H3,(H,23,27)(H,24,28)(H,25,29)(H,26,30)/t13-,14+,17+/m1/s1. The number of rotatable bonds is 8. The first-order valence-electron chi connectivity index (χ1n) is 10.1. The van der Waals surface area contributed by atoms with Crippen LogP contribution in [0.5, 0.6) is 0 Å². The second-order valence-corrected chi connectivity index (χ2v) is 8.01. The molecule has 8 nitrogen and oxygen atoms in total. The summed E-state index contributed by atoms with van der Waals surface area (Å²) in [7, 11) is 0. The highest BCUT2D eigenvalue weighted by Crippen LogP contribution is 2.16. The Balaban J connectivity index is 1.95. The molecule has 0 aromatic heterocycles. The van der Waals surface area contributed by atoms with Gasteiger partial charge in [-0.05, 0) is 44.2 Å². The van der Waals surface area contributed by atoms with Gasteiger partial charge in [-0.25, -0.2) is 4.39 Å². The van der Waals surface area contributed by atoms with E-state index in [0.29, 0.717) is 19.4 Å². The highest BCUT2D eigenvalue weighted by atomic mass is 19.1. The van der Waals surface area contributed by atoms with Crippen molar-refractivity contribution in [1.82, 2.24) is 16.0 Å². The van der Waals surface area contributed by atoms with Gasteiger partial charge in [0.1, 0.15) is 11.9 Å². The molecule has 0 radical (unpaired) electrons. The number of nitrogens with one attached hydrogen (secondary N) is 4. The summed E-state index contributed by atoms with van der Waals surface area (Å²) in [5.74, 6) is -3.27. The van der Waals surface area contributed by atoms with Gasteiger partial charge >= 0.3 is 11.8 Å². The minimum atomic E-state index is -1.06. The van der Waals surface area contributed by atoms with E-state index < -0.39 is 29.6 Å². The van der Waals surface area contributed by atoms with Gasteiger partial charge in [0.15, 0.2) is 0 Å². The Morgan fingerprint density at radius 1 is 1.13 bits per heavy atom. The zero-order chi connectivity index (χ0) is 22.3. The maximum absolute atomic E-state index is 13.7. The van der Waals surface area contributed by atoms with Crippen LogP contribution in [0.15, 0.2) is 24.3 Å². The molecule has 1 aliphatic rings. The first-order valence-corrected chi connectivity index (χ1v) is 10.1. The first kappa shape index (κ1) is 23.3. The van der Waals surface area contributed by atoms with Crippen LogP contribution in [0.25, 0.3) is 0 Å². The number of carbonyl (C=O) groups is 4. The third kappa shape index (κ3) is 6.82. The van der Waals surface area contributed by atoms with E-state index in [1.54, 1.807) is 6.92 Å². The molecule has 1 aromatic rings. The molecule has 164 valence electrons. The van der Waals surface area contributed by atoms with Gasteiger partial charge in [0, 0.05) is 18.5 Å². The number of benzene rings is 1. The summed E-state index contributed by atoms with van der Waals surface area (Å²) in [5.41, 5.74) is -0.119. The Hall–Kier alpha value is -2.97. The van der Waals surface area contributed by atoms with Crippen LogP contribution in [0.4, 0.5) is 10.1 Å². The fraction of sp³-hybridized carbons (Fsp3) is 0.524. The van der Waals surface area contributed by atoms with Gasteiger partial charge in [-0.2, -0.15) is 0 Å². The number of carbonyl (C=O) groups excluding carboxylic acids is 4. The van der Waals surface area contributed by atoms with Crippen molar-refractivity contribution < 1.29 is 23.6 Å². The predicted molar refractivity (Wildman–Crippen MR) is 110 cm³/mol. The Bertz CT molecular complexity index is 799. The highest BCUT2D eigenvalue weighted by molar-refractivity contribution is 6.40. The highest BCUT2D eigenvalue weighted by Gasteiger charge is 2.29. The summed E-state index contributed by atoms with van der Waals surface area (Å²) in [4.78, 5) is 48.8. The van der Waals surface area contributed by atoms with Crippen LogP contribution in [0.2, 0.25) is 0 Å².